The van der Waals surface area contributed by atoms with Gasteiger partial charge in [0.25, 0.3) is 5.91 Å². The van der Waals surface area contributed by atoms with Crippen molar-refractivity contribution in [2.24, 2.45) is 0 Å². The van der Waals surface area contributed by atoms with Crippen molar-refractivity contribution in [2.75, 3.05) is 50.7 Å². The van der Waals surface area contributed by atoms with Crippen LogP contribution in [0.3, 0.4) is 0 Å². The van der Waals surface area contributed by atoms with Crippen LogP contribution in [-0.2, 0) is 4.74 Å². The second kappa shape index (κ2) is 7.85. The van der Waals surface area contributed by atoms with Crippen LogP contribution in [0.5, 0.6) is 11.5 Å². The number of amides is 1. The van der Waals surface area contributed by atoms with E-state index in [0.29, 0.717) is 36.0 Å². The Labute approximate surface area is 146 Å². The maximum atomic E-state index is 12.5. The lowest BCUT2D eigenvalue weighted by atomic mass is 10.2. The molecule has 1 fully saturated rings. The Bertz CT molecular complexity index is 728. The van der Waals surface area contributed by atoms with Crippen LogP contribution in [0.2, 0.25) is 0 Å². The monoisotopic (exact) mass is 343 g/mol. The minimum atomic E-state index is -0.257. The molecule has 0 atom stereocenters. The Kier molecular flexibility index (Phi) is 5.35. The Morgan fingerprint density at radius 1 is 1.16 bits per heavy atom. The van der Waals surface area contributed by atoms with E-state index in [4.69, 9.17) is 14.2 Å². The number of aromatic nitrogens is 1. The minimum Gasteiger partial charge on any atom is -0.497 e. The van der Waals surface area contributed by atoms with Gasteiger partial charge in [-0.1, -0.05) is 0 Å². The molecule has 1 N–H and O–H groups in total. The number of hydrogen-bond acceptors (Lipinski definition) is 6. The van der Waals surface area contributed by atoms with Crippen molar-refractivity contribution in [3.63, 3.8) is 0 Å². The van der Waals surface area contributed by atoms with E-state index >= 15 is 0 Å². The van der Waals surface area contributed by atoms with E-state index in [0.717, 1.165) is 18.9 Å². The summed E-state index contributed by atoms with van der Waals surface area (Å²) in [6.07, 6.45) is 1.58. The number of anilines is 2. The van der Waals surface area contributed by atoms with E-state index in [-0.39, 0.29) is 5.91 Å². The number of morpholine rings is 1. The van der Waals surface area contributed by atoms with Crippen LogP contribution in [0.1, 0.15) is 10.4 Å². The summed E-state index contributed by atoms with van der Waals surface area (Å²) >= 11 is 0. The topological polar surface area (TPSA) is 72.9 Å². The van der Waals surface area contributed by atoms with Gasteiger partial charge in [-0.15, -0.1) is 0 Å². The molecular formula is C18H21N3O4. The maximum Gasteiger partial charge on any atom is 0.257 e. The quantitative estimate of drug-likeness (QED) is 0.897. The number of carbonyl (C=O) groups excluding carboxylic acids is 1. The van der Waals surface area contributed by atoms with Crippen molar-refractivity contribution >= 4 is 17.4 Å². The number of carbonyl (C=O) groups is 1. The number of benzene rings is 1. The lowest BCUT2D eigenvalue weighted by Crippen LogP contribution is -2.36. The zero-order valence-electron chi connectivity index (χ0n) is 14.3. The van der Waals surface area contributed by atoms with Gasteiger partial charge in [-0.3, -0.25) is 4.79 Å². The predicted octanol–water partition coefficient (Wildman–Crippen LogP) is 2.19. The molecule has 1 aliphatic heterocycles. The van der Waals surface area contributed by atoms with Crippen LogP contribution in [0.4, 0.5) is 11.5 Å². The highest BCUT2D eigenvalue weighted by molar-refractivity contribution is 6.05. The van der Waals surface area contributed by atoms with Crippen LogP contribution in [-0.4, -0.2) is 51.4 Å². The first-order chi connectivity index (χ1) is 12.2. The fourth-order valence-electron chi connectivity index (χ4n) is 2.61. The first-order valence-corrected chi connectivity index (χ1v) is 8.03. The molecule has 0 spiro atoms. The van der Waals surface area contributed by atoms with Gasteiger partial charge < -0.3 is 24.4 Å². The van der Waals surface area contributed by atoms with Crippen molar-refractivity contribution in [1.29, 1.82) is 0 Å². The fourth-order valence-corrected chi connectivity index (χ4v) is 2.61. The van der Waals surface area contributed by atoms with E-state index in [1.807, 2.05) is 6.07 Å². The van der Waals surface area contributed by atoms with Crippen LogP contribution in [0.25, 0.3) is 0 Å². The number of hydrogen-bond donors (Lipinski definition) is 1. The van der Waals surface area contributed by atoms with Gasteiger partial charge >= 0.3 is 0 Å². The molecule has 1 aromatic carbocycles. The van der Waals surface area contributed by atoms with Crippen molar-refractivity contribution in [2.45, 2.75) is 0 Å². The van der Waals surface area contributed by atoms with Crippen LogP contribution in [0, 0.1) is 0 Å². The van der Waals surface area contributed by atoms with E-state index in [1.54, 1.807) is 44.7 Å². The summed E-state index contributed by atoms with van der Waals surface area (Å²) in [5.41, 5.74) is 1.02. The standard InChI is InChI=1S/C18H21N3O4/c1-23-14-4-5-16(24-2)15(11-14)20-18(22)13-3-6-17(19-12-13)21-7-9-25-10-8-21/h3-6,11-12H,7-10H2,1-2H3,(H,20,22). The van der Waals surface area contributed by atoms with Gasteiger partial charge in [0.1, 0.15) is 17.3 Å². The van der Waals surface area contributed by atoms with Crippen LogP contribution < -0.4 is 19.7 Å². The molecule has 1 amide bonds. The summed E-state index contributed by atoms with van der Waals surface area (Å²) in [5, 5.41) is 2.83. The largest absolute Gasteiger partial charge is 0.497 e. The van der Waals surface area contributed by atoms with Crippen molar-refractivity contribution in [3.05, 3.63) is 42.1 Å². The smallest absolute Gasteiger partial charge is 0.257 e. The fraction of sp³-hybridized carbons (Fsp3) is 0.333. The highest BCUT2D eigenvalue weighted by atomic mass is 16.5. The van der Waals surface area contributed by atoms with Gasteiger partial charge in [0, 0.05) is 25.4 Å². The first kappa shape index (κ1) is 17.0. The molecule has 7 heteroatoms. The van der Waals surface area contributed by atoms with Gasteiger partial charge in [0.05, 0.1) is 38.7 Å². The molecule has 0 radical (unpaired) electrons. The number of nitrogens with one attached hydrogen (secondary N) is 1. The average molecular weight is 343 g/mol. The Morgan fingerprint density at radius 2 is 1.96 bits per heavy atom. The Hall–Kier alpha value is -2.80. The van der Waals surface area contributed by atoms with Crippen molar-refractivity contribution in [1.82, 2.24) is 4.98 Å². The minimum absolute atomic E-state index is 0.257. The van der Waals surface area contributed by atoms with Gasteiger partial charge in [-0.05, 0) is 24.3 Å². The molecule has 0 aliphatic carbocycles. The Balaban J connectivity index is 1.73. The number of nitrogens with zero attached hydrogens (tertiary/aromatic N) is 2. The molecule has 1 saturated heterocycles. The summed E-state index contributed by atoms with van der Waals surface area (Å²) in [6.45, 7) is 3.00. The molecule has 2 heterocycles. The third-order valence-corrected chi connectivity index (χ3v) is 4.00. The SMILES string of the molecule is COc1ccc(OC)c(NC(=O)c2ccc(N3CCOCC3)nc2)c1. The average Bonchev–Trinajstić information content (AvgIpc) is 2.68. The summed E-state index contributed by atoms with van der Waals surface area (Å²) in [5.74, 6) is 1.79. The zero-order chi connectivity index (χ0) is 17.6. The summed E-state index contributed by atoms with van der Waals surface area (Å²) in [7, 11) is 3.12. The third-order valence-electron chi connectivity index (χ3n) is 4.00. The van der Waals surface area contributed by atoms with Gasteiger partial charge in [-0.2, -0.15) is 0 Å². The normalized spacial score (nSPS) is 14.1. The number of pyridine rings is 1. The molecule has 25 heavy (non-hydrogen) atoms. The lowest BCUT2D eigenvalue weighted by molar-refractivity contribution is 0.102. The molecule has 2 aromatic rings. The second-order valence-electron chi connectivity index (χ2n) is 5.52. The van der Waals surface area contributed by atoms with E-state index in [9.17, 15) is 4.79 Å². The number of ether oxygens (including phenoxy) is 3. The summed E-state index contributed by atoms with van der Waals surface area (Å²) in [4.78, 5) is 19.0. The summed E-state index contributed by atoms with van der Waals surface area (Å²) in [6, 6.07) is 8.84. The van der Waals surface area contributed by atoms with Gasteiger partial charge in [0.2, 0.25) is 0 Å². The van der Waals surface area contributed by atoms with Crippen molar-refractivity contribution in [3.8, 4) is 11.5 Å². The van der Waals surface area contributed by atoms with E-state index in [2.05, 4.69) is 15.2 Å². The Morgan fingerprint density at radius 3 is 2.60 bits per heavy atom. The zero-order valence-corrected chi connectivity index (χ0v) is 14.3. The molecule has 132 valence electrons. The highest BCUT2D eigenvalue weighted by Crippen LogP contribution is 2.29. The number of rotatable bonds is 5. The molecule has 1 aliphatic rings. The highest BCUT2D eigenvalue weighted by Gasteiger charge is 2.15. The number of methoxy groups -OCH3 is 2. The molecule has 3 rings (SSSR count). The third kappa shape index (κ3) is 4.00. The van der Waals surface area contributed by atoms with Gasteiger partial charge in [-0.25, -0.2) is 4.98 Å². The van der Waals surface area contributed by atoms with E-state index in [1.165, 1.54) is 0 Å². The maximum absolute atomic E-state index is 12.5. The lowest BCUT2D eigenvalue weighted by Gasteiger charge is -2.27. The van der Waals surface area contributed by atoms with Crippen LogP contribution in [0.15, 0.2) is 36.5 Å². The molecule has 1 aromatic heterocycles. The molecule has 7 nitrogen and oxygen atoms in total. The molecular weight excluding hydrogens is 322 g/mol. The van der Waals surface area contributed by atoms with Crippen molar-refractivity contribution < 1.29 is 19.0 Å². The van der Waals surface area contributed by atoms with E-state index < -0.39 is 0 Å². The van der Waals surface area contributed by atoms with Crippen LogP contribution >= 0.6 is 0 Å². The van der Waals surface area contributed by atoms with Gasteiger partial charge in [0.15, 0.2) is 0 Å². The molecule has 0 saturated carbocycles. The predicted molar refractivity (Wildman–Crippen MR) is 94.8 cm³/mol. The summed E-state index contributed by atoms with van der Waals surface area (Å²) < 4.78 is 15.8. The second-order valence-corrected chi connectivity index (χ2v) is 5.52. The molecule has 0 bridgehead atoms. The molecule has 0 unspecified atom stereocenters. The first-order valence-electron chi connectivity index (χ1n) is 8.03.